The van der Waals surface area contributed by atoms with Gasteiger partial charge in [0.15, 0.2) is 0 Å². The molecule has 1 aromatic carbocycles. The number of ether oxygens (including phenoxy) is 1. The minimum atomic E-state index is 0.388. The van der Waals surface area contributed by atoms with Gasteiger partial charge in [0.2, 0.25) is 0 Å². The SMILES string of the molecule is CC(C)(C)C1CCC(OCc2cccc(C#N)c2)CC1. The summed E-state index contributed by atoms with van der Waals surface area (Å²) < 4.78 is 6.02. The van der Waals surface area contributed by atoms with Crippen LogP contribution in [0.1, 0.15) is 57.6 Å². The molecule has 1 aromatic rings. The average molecular weight is 271 g/mol. The molecule has 1 fully saturated rings. The molecule has 2 nitrogen and oxygen atoms in total. The summed E-state index contributed by atoms with van der Waals surface area (Å²) in [5.41, 5.74) is 2.23. The lowest BCUT2D eigenvalue weighted by Gasteiger charge is -2.36. The van der Waals surface area contributed by atoms with Gasteiger partial charge in [0.25, 0.3) is 0 Å². The monoisotopic (exact) mass is 271 g/mol. The molecule has 0 saturated heterocycles. The Balaban J connectivity index is 1.80. The number of benzene rings is 1. The van der Waals surface area contributed by atoms with E-state index in [1.807, 2.05) is 24.3 Å². The third-order valence-electron chi connectivity index (χ3n) is 4.44. The molecule has 0 spiro atoms. The van der Waals surface area contributed by atoms with Crippen molar-refractivity contribution in [1.29, 1.82) is 5.26 Å². The molecule has 2 heteroatoms. The molecule has 0 radical (unpaired) electrons. The Bertz CT molecular complexity index is 473. The molecule has 0 atom stereocenters. The van der Waals surface area contributed by atoms with Gasteiger partial charge in [0, 0.05) is 0 Å². The summed E-state index contributed by atoms with van der Waals surface area (Å²) in [5, 5.41) is 8.89. The Morgan fingerprint density at radius 3 is 2.50 bits per heavy atom. The summed E-state index contributed by atoms with van der Waals surface area (Å²) in [6.07, 6.45) is 5.26. The van der Waals surface area contributed by atoms with Crippen LogP contribution in [0.4, 0.5) is 0 Å². The molecule has 108 valence electrons. The Kier molecular flexibility index (Phi) is 4.83. The molecular formula is C18H25NO. The number of nitriles is 1. The molecule has 0 bridgehead atoms. The highest BCUT2D eigenvalue weighted by molar-refractivity contribution is 5.32. The van der Waals surface area contributed by atoms with Crippen molar-refractivity contribution in [3.05, 3.63) is 35.4 Å². The fourth-order valence-corrected chi connectivity index (χ4v) is 3.04. The van der Waals surface area contributed by atoms with Gasteiger partial charge < -0.3 is 4.74 Å². The van der Waals surface area contributed by atoms with E-state index in [0.29, 0.717) is 23.7 Å². The number of rotatable bonds is 3. The van der Waals surface area contributed by atoms with Crippen LogP contribution in [-0.2, 0) is 11.3 Å². The quantitative estimate of drug-likeness (QED) is 0.799. The maximum absolute atomic E-state index is 8.89. The summed E-state index contributed by atoms with van der Waals surface area (Å²) in [6, 6.07) is 9.87. The minimum absolute atomic E-state index is 0.388. The molecular weight excluding hydrogens is 246 g/mol. The van der Waals surface area contributed by atoms with Crippen LogP contribution in [0.5, 0.6) is 0 Å². The molecule has 20 heavy (non-hydrogen) atoms. The summed E-state index contributed by atoms with van der Waals surface area (Å²) in [6.45, 7) is 7.64. The van der Waals surface area contributed by atoms with Crippen molar-refractivity contribution in [3.63, 3.8) is 0 Å². The first-order valence-electron chi connectivity index (χ1n) is 7.59. The lowest BCUT2D eigenvalue weighted by molar-refractivity contribution is -0.00581. The Morgan fingerprint density at radius 2 is 1.90 bits per heavy atom. The fourth-order valence-electron chi connectivity index (χ4n) is 3.04. The van der Waals surface area contributed by atoms with Crippen LogP contribution in [-0.4, -0.2) is 6.10 Å². The van der Waals surface area contributed by atoms with Gasteiger partial charge in [-0.1, -0.05) is 32.9 Å². The van der Waals surface area contributed by atoms with Crippen LogP contribution in [0.25, 0.3) is 0 Å². The van der Waals surface area contributed by atoms with Gasteiger partial charge in [0.05, 0.1) is 24.3 Å². The predicted molar refractivity (Wildman–Crippen MR) is 81.1 cm³/mol. The molecule has 0 amide bonds. The maximum Gasteiger partial charge on any atom is 0.0991 e. The van der Waals surface area contributed by atoms with Crippen LogP contribution in [0.15, 0.2) is 24.3 Å². The van der Waals surface area contributed by atoms with Gasteiger partial charge in [-0.05, 0) is 54.7 Å². The minimum Gasteiger partial charge on any atom is -0.374 e. The Morgan fingerprint density at radius 1 is 1.20 bits per heavy atom. The van der Waals surface area contributed by atoms with E-state index >= 15 is 0 Å². The second-order valence-corrected chi connectivity index (χ2v) is 6.96. The van der Waals surface area contributed by atoms with Crippen LogP contribution in [0.2, 0.25) is 0 Å². The van der Waals surface area contributed by atoms with E-state index in [1.165, 1.54) is 25.7 Å². The van der Waals surface area contributed by atoms with E-state index in [9.17, 15) is 0 Å². The molecule has 0 aromatic heterocycles. The lowest BCUT2D eigenvalue weighted by atomic mass is 9.72. The molecule has 1 aliphatic carbocycles. The van der Waals surface area contributed by atoms with E-state index in [1.54, 1.807) is 0 Å². The van der Waals surface area contributed by atoms with Gasteiger partial charge in [-0.3, -0.25) is 0 Å². The summed E-state index contributed by atoms with van der Waals surface area (Å²) in [4.78, 5) is 0. The highest BCUT2D eigenvalue weighted by Crippen LogP contribution is 2.38. The predicted octanol–water partition coefficient (Wildman–Crippen LogP) is 4.68. The first-order chi connectivity index (χ1) is 9.49. The van der Waals surface area contributed by atoms with Crippen molar-refractivity contribution in [2.24, 2.45) is 11.3 Å². The van der Waals surface area contributed by atoms with Gasteiger partial charge in [0.1, 0.15) is 0 Å². The zero-order valence-corrected chi connectivity index (χ0v) is 12.9. The molecule has 2 rings (SSSR count). The highest BCUT2D eigenvalue weighted by Gasteiger charge is 2.29. The molecule has 1 aliphatic rings. The van der Waals surface area contributed by atoms with Gasteiger partial charge in [-0.25, -0.2) is 0 Å². The van der Waals surface area contributed by atoms with Gasteiger partial charge in [-0.2, -0.15) is 5.26 Å². The summed E-state index contributed by atoms with van der Waals surface area (Å²) in [7, 11) is 0. The first kappa shape index (κ1) is 15.1. The second-order valence-electron chi connectivity index (χ2n) is 6.96. The summed E-state index contributed by atoms with van der Waals surface area (Å²) in [5.74, 6) is 0.823. The fraction of sp³-hybridized carbons (Fsp3) is 0.611. The van der Waals surface area contributed by atoms with Crippen LogP contribution >= 0.6 is 0 Å². The van der Waals surface area contributed by atoms with E-state index < -0.39 is 0 Å². The molecule has 0 N–H and O–H groups in total. The first-order valence-corrected chi connectivity index (χ1v) is 7.59. The lowest BCUT2D eigenvalue weighted by Crippen LogP contribution is -2.29. The third-order valence-corrected chi connectivity index (χ3v) is 4.44. The van der Waals surface area contributed by atoms with Gasteiger partial charge in [-0.15, -0.1) is 0 Å². The number of hydrogen-bond acceptors (Lipinski definition) is 2. The normalized spacial score (nSPS) is 23.3. The molecule has 0 aliphatic heterocycles. The van der Waals surface area contributed by atoms with E-state index in [2.05, 4.69) is 26.8 Å². The molecule has 0 unspecified atom stereocenters. The number of nitrogens with zero attached hydrogens (tertiary/aromatic N) is 1. The van der Waals surface area contributed by atoms with Crippen LogP contribution in [0.3, 0.4) is 0 Å². The van der Waals surface area contributed by atoms with E-state index in [0.717, 1.165) is 11.5 Å². The Labute approximate surface area is 122 Å². The zero-order valence-electron chi connectivity index (χ0n) is 12.9. The second kappa shape index (κ2) is 6.41. The van der Waals surface area contributed by atoms with Crippen LogP contribution < -0.4 is 0 Å². The van der Waals surface area contributed by atoms with Crippen molar-refractivity contribution < 1.29 is 4.74 Å². The smallest absolute Gasteiger partial charge is 0.0991 e. The topological polar surface area (TPSA) is 33.0 Å². The van der Waals surface area contributed by atoms with E-state index in [4.69, 9.17) is 10.00 Å². The van der Waals surface area contributed by atoms with Crippen molar-refractivity contribution in [1.82, 2.24) is 0 Å². The highest BCUT2D eigenvalue weighted by atomic mass is 16.5. The standard InChI is InChI=1S/C18H25NO/c1-18(2,3)16-7-9-17(10-8-16)20-13-15-6-4-5-14(11-15)12-19/h4-6,11,16-17H,7-10,13H2,1-3H3. The zero-order chi connectivity index (χ0) is 14.6. The van der Waals surface area contributed by atoms with E-state index in [-0.39, 0.29) is 0 Å². The van der Waals surface area contributed by atoms with Crippen LogP contribution in [0, 0.1) is 22.7 Å². The molecule has 1 saturated carbocycles. The Hall–Kier alpha value is -1.33. The van der Waals surface area contributed by atoms with Gasteiger partial charge >= 0.3 is 0 Å². The summed E-state index contributed by atoms with van der Waals surface area (Å²) >= 11 is 0. The third kappa shape index (κ3) is 4.08. The maximum atomic E-state index is 8.89. The van der Waals surface area contributed by atoms with Crippen molar-refractivity contribution in [2.45, 2.75) is 59.2 Å². The largest absolute Gasteiger partial charge is 0.374 e. The van der Waals surface area contributed by atoms with Crippen molar-refractivity contribution >= 4 is 0 Å². The van der Waals surface area contributed by atoms with Crippen molar-refractivity contribution in [2.75, 3.05) is 0 Å². The average Bonchev–Trinajstić information content (AvgIpc) is 2.45. The van der Waals surface area contributed by atoms with Crippen molar-refractivity contribution in [3.8, 4) is 6.07 Å². The molecule has 0 heterocycles. The number of hydrogen-bond donors (Lipinski definition) is 0.